The molecule has 0 aliphatic rings. The van der Waals surface area contributed by atoms with E-state index in [1.807, 2.05) is 42.1 Å². The summed E-state index contributed by atoms with van der Waals surface area (Å²) in [4.78, 5) is 18.1. The molecule has 0 radical (unpaired) electrons. The van der Waals surface area contributed by atoms with Gasteiger partial charge in [-0.05, 0) is 35.4 Å². The molecule has 0 aliphatic heterocycles. The molecule has 2 heterocycles. The van der Waals surface area contributed by atoms with Gasteiger partial charge in [0.25, 0.3) is 0 Å². The first-order valence-electron chi connectivity index (χ1n) is 8.25. The van der Waals surface area contributed by atoms with Crippen molar-refractivity contribution in [1.82, 2.24) is 14.5 Å². The fourth-order valence-corrected chi connectivity index (χ4v) is 2.95. The van der Waals surface area contributed by atoms with Crippen molar-refractivity contribution >= 4 is 28.7 Å². The average Bonchev–Trinajstić information content (AvgIpc) is 2.96. The second-order valence-corrected chi connectivity index (χ2v) is 6.17. The number of carbonyl (C=O) groups excluding carboxylic acids is 1. The van der Waals surface area contributed by atoms with Crippen LogP contribution in [0.5, 0.6) is 5.75 Å². The molecule has 1 aromatic carbocycles. The number of fused-ring (bicyclic) bond motifs is 1. The highest BCUT2D eigenvalue weighted by Crippen LogP contribution is 2.29. The summed E-state index contributed by atoms with van der Waals surface area (Å²) in [6.07, 6.45) is 6.94. The lowest BCUT2D eigenvalue weighted by Gasteiger charge is -2.14. The van der Waals surface area contributed by atoms with Crippen molar-refractivity contribution in [2.75, 3.05) is 19.9 Å². The van der Waals surface area contributed by atoms with Gasteiger partial charge in [0.1, 0.15) is 11.6 Å². The lowest BCUT2D eigenvalue weighted by Crippen LogP contribution is -2.24. The van der Waals surface area contributed by atoms with Crippen molar-refractivity contribution < 1.29 is 9.53 Å². The number of nitrogens with two attached hydrogens (primary N) is 1. The molecule has 3 aromatic rings. The Hall–Kier alpha value is -3.28. The number of nitrogens with zero attached hydrogens (tertiary/aromatic N) is 3. The molecular formula is C20H22N4O2. The molecular weight excluding hydrogens is 328 g/mol. The number of nitrogen functional groups attached to an aromatic ring is 1. The number of hydrogen-bond acceptors (Lipinski definition) is 4. The number of amides is 1. The van der Waals surface area contributed by atoms with Gasteiger partial charge in [0.2, 0.25) is 5.91 Å². The molecule has 1 amide bonds. The summed E-state index contributed by atoms with van der Waals surface area (Å²) in [6, 6.07) is 9.46. The Labute approximate surface area is 152 Å². The fourth-order valence-electron chi connectivity index (χ4n) is 2.95. The van der Waals surface area contributed by atoms with Gasteiger partial charge in [0.15, 0.2) is 0 Å². The second-order valence-electron chi connectivity index (χ2n) is 6.17. The van der Waals surface area contributed by atoms with Crippen molar-refractivity contribution in [1.29, 1.82) is 0 Å². The summed E-state index contributed by atoms with van der Waals surface area (Å²) in [5, 5.41) is 1.08. The summed E-state index contributed by atoms with van der Waals surface area (Å²) in [5.74, 6) is 1.19. The van der Waals surface area contributed by atoms with Gasteiger partial charge in [-0.1, -0.05) is 12.1 Å². The molecule has 3 rings (SSSR count). The number of carbonyl (C=O) groups is 1. The Balaban J connectivity index is 1.77. The summed E-state index contributed by atoms with van der Waals surface area (Å²) < 4.78 is 7.47. The van der Waals surface area contributed by atoms with Crippen LogP contribution >= 0.6 is 0 Å². The summed E-state index contributed by atoms with van der Waals surface area (Å²) in [6.45, 7) is 0.508. The average molecular weight is 350 g/mol. The maximum atomic E-state index is 12.4. The van der Waals surface area contributed by atoms with Crippen molar-refractivity contribution in [3.63, 3.8) is 0 Å². The summed E-state index contributed by atoms with van der Waals surface area (Å²) in [7, 11) is 5.42. The zero-order chi connectivity index (χ0) is 18.7. The van der Waals surface area contributed by atoms with E-state index in [1.54, 1.807) is 43.5 Å². The smallest absolute Gasteiger partial charge is 0.246 e. The van der Waals surface area contributed by atoms with E-state index >= 15 is 0 Å². The Morgan fingerprint density at radius 3 is 2.85 bits per heavy atom. The van der Waals surface area contributed by atoms with Crippen LogP contribution in [-0.2, 0) is 18.4 Å². The number of rotatable bonds is 5. The van der Waals surface area contributed by atoms with E-state index in [0.717, 1.165) is 27.8 Å². The maximum absolute atomic E-state index is 12.4. The van der Waals surface area contributed by atoms with Crippen LogP contribution in [0, 0.1) is 0 Å². The number of hydrogen-bond donors (Lipinski definition) is 1. The SMILES string of the molecule is COc1cccc2c(CN(C)C(=O)C=Cc3ccc(N)nc3)cn(C)c12. The lowest BCUT2D eigenvalue weighted by atomic mass is 10.1. The number of anilines is 1. The van der Waals surface area contributed by atoms with Crippen LogP contribution in [-0.4, -0.2) is 34.5 Å². The Kier molecular flexibility index (Phi) is 4.93. The van der Waals surface area contributed by atoms with E-state index in [9.17, 15) is 4.79 Å². The predicted molar refractivity (Wildman–Crippen MR) is 104 cm³/mol. The normalized spacial score (nSPS) is 11.2. The zero-order valence-corrected chi connectivity index (χ0v) is 15.1. The van der Waals surface area contributed by atoms with Gasteiger partial charge in [0.05, 0.1) is 12.6 Å². The minimum Gasteiger partial charge on any atom is -0.495 e. The van der Waals surface area contributed by atoms with Gasteiger partial charge in [-0.25, -0.2) is 4.98 Å². The van der Waals surface area contributed by atoms with E-state index in [2.05, 4.69) is 4.98 Å². The third-order valence-electron chi connectivity index (χ3n) is 4.28. The standard InChI is InChI=1S/C20H22N4O2/c1-23(19(25)10-8-14-7-9-18(21)22-11-14)12-15-13-24(2)20-16(15)5-4-6-17(20)26-3/h4-11,13H,12H2,1-3H3,(H2,21,22). The first-order chi connectivity index (χ1) is 12.5. The first kappa shape index (κ1) is 17.5. The van der Waals surface area contributed by atoms with Crippen molar-refractivity contribution in [3.05, 3.63) is 59.9 Å². The number of aromatic nitrogens is 2. The van der Waals surface area contributed by atoms with Gasteiger partial charge in [-0.3, -0.25) is 4.79 Å². The fraction of sp³-hybridized carbons (Fsp3) is 0.200. The van der Waals surface area contributed by atoms with Crippen LogP contribution in [0.4, 0.5) is 5.82 Å². The molecule has 0 aliphatic carbocycles. The van der Waals surface area contributed by atoms with Gasteiger partial charge >= 0.3 is 0 Å². The number of methoxy groups -OCH3 is 1. The van der Waals surface area contributed by atoms with Crippen LogP contribution < -0.4 is 10.5 Å². The number of aryl methyl sites for hydroxylation is 1. The van der Waals surface area contributed by atoms with Gasteiger partial charge in [-0.15, -0.1) is 0 Å². The quantitative estimate of drug-likeness (QED) is 0.718. The maximum Gasteiger partial charge on any atom is 0.246 e. The topological polar surface area (TPSA) is 73.4 Å². The molecule has 0 spiro atoms. The molecule has 6 nitrogen and oxygen atoms in total. The van der Waals surface area contributed by atoms with Crippen molar-refractivity contribution in [3.8, 4) is 5.75 Å². The molecule has 0 fully saturated rings. The largest absolute Gasteiger partial charge is 0.495 e. The van der Waals surface area contributed by atoms with E-state index in [-0.39, 0.29) is 5.91 Å². The summed E-state index contributed by atoms with van der Waals surface area (Å²) in [5.41, 5.74) is 8.48. The number of likely N-dealkylation sites (N-methyl/N-ethyl adjacent to an activating group) is 1. The minimum atomic E-state index is -0.0817. The molecule has 26 heavy (non-hydrogen) atoms. The molecule has 2 N–H and O–H groups in total. The molecule has 0 unspecified atom stereocenters. The summed E-state index contributed by atoms with van der Waals surface area (Å²) >= 11 is 0. The van der Waals surface area contributed by atoms with E-state index in [0.29, 0.717) is 12.4 Å². The number of pyridine rings is 1. The van der Waals surface area contributed by atoms with E-state index in [4.69, 9.17) is 10.5 Å². The monoisotopic (exact) mass is 350 g/mol. The molecule has 0 bridgehead atoms. The van der Waals surface area contributed by atoms with Crippen molar-refractivity contribution in [2.24, 2.45) is 7.05 Å². The van der Waals surface area contributed by atoms with E-state index < -0.39 is 0 Å². The van der Waals surface area contributed by atoms with Crippen LogP contribution in [0.2, 0.25) is 0 Å². The van der Waals surface area contributed by atoms with Crippen LogP contribution in [0.15, 0.2) is 48.8 Å². The molecule has 0 atom stereocenters. The van der Waals surface area contributed by atoms with Crippen LogP contribution in [0.3, 0.4) is 0 Å². The number of ether oxygens (including phenoxy) is 1. The molecule has 0 saturated carbocycles. The second kappa shape index (κ2) is 7.31. The Morgan fingerprint density at radius 2 is 2.15 bits per heavy atom. The van der Waals surface area contributed by atoms with Gasteiger partial charge in [-0.2, -0.15) is 0 Å². The zero-order valence-electron chi connectivity index (χ0n) is 15.1. The molecule has 134 valence electrons. The lowest BCUT2D eigenvalue weighted by molar-refractivity contribution is -0.125. The highest BCUT2D eigenvalue weighted by atomic mass is 16.5. The van der Waals surface area contributed by atoms with Gasteiger partial charge < -0.3 is 19.9 Å². The van der Waals surface area contributed by atoms with Gasteiger partial charge in [0, 0.05) is 44.5 Å². The number of benzene rings is 1. The Morgan fingerprint density at radius 1 is 1.35 bits per heavy atom. The molecule has 6 heteroatoms. The highest BCUT2D eigenvalue weighted by Gasteiger charge is 2.14. The van der Waals surface area contributed by atoms with E-state index in [1.165, 1.54) is 0 Å². The third kappa shape index (κ3) is 3.54. The Bertz CT molecular complexity index is 958. The van der Waals surface area contributed by atoms with Crippen molar-refractivity contribution in [2.45, 2.75) is 6.54 Å². The van der Waals surface area contributed by atoms with Crippen LogP contribution in [0.25, 0.3) is 17.0 Å². The highest BCUT2D eigenvalue weighted by molar-refractivity contribution is 5.93. The predicted octanol–water partition coefficient (Wildman–Crippen LogP) is 2.84. The third-order valence-corrected chi connectivity index (χ3v) is 4.28. The molecule has 2 aromatic heterocycles. The minimum absolute atomic E-state index is 0.0817. The number of para-hydroxylation sites is 1. The first-order valence-corrected chi connectivity index (χ1v) is 8.25. The molecule has 0 saturated heterocycles. The van der Waals surface area contributed by atoms with Crippen LogP contribution in [0.1, 0.15) is 11.1 Å².